The van der Waals surface area contributed by atoms with Crippen molar-refractivity contribution in [3.8, 4) is 5.75 Å². The molecule has 0 saturated carbocycles. The van der Waals surface area contributed by atoms with E-state index in [1.165, 1.54) is 11.8 Å². The van der Waals surface area contributed by atoms with Gasteiger partial charge in [-0.15, -0.1) is 0 Å². The van der Waals surface area contributed by atoms with Gasteiger partial charge >= 0.3 is 0 Å². The molecule has 1 saturated heterocycles. The number of nitrogens with one attached hydrogen (secondary N) is 1. The Balaban J connectivity index is 1.56. The van der Waals surface area contributed by atoms with E-state index in [1.807, 2.05) is 79.7 Å². The Labute approximate surface area is 198 Å². The third-order valence-electron chi connectivity index (χ3n) is 4.51. The summed E-state index contributed by atoms with van der Waals surface area (Å²) in [5.74, 6) is 0.473. The number of carbonyl (C=O) groups excluding carboxylic acids is 1. The van der Waals surface area contributed by atoms with E-state index in [0.29, 0.717) is 27.5 Å². The summed E-state index contributed by atoms with van der Waals surface area (Å²) in [6, 6.07) is 21.1. The van der Waals surface area contributed by atoms with Crippen LogP contribution < -0.4 is 10.1 Å². The number of carbonyl (C=O) groups is 1. The lowest BCUT2D eigenvalue weighted by atomic mass is 10.2. The number of thioether (sulfide) groups is 1. The van der Waals surface area contributed by atoms with Crippen LogP contribution in [0.1, 0.15) is 16.7 Å². The quantitative estimate of drug-likeness (QED) is 0.378. The van der Waals surface area contributed by atoms with Crippen molar-refractivity contribution in [2.75, 3.05) is 0 Å². The highest BCUT2D eigenvalue weighted by atomic mass is 79.9. The van der Waals surface area contributed by atoms with Crippen LogP contribution in [-0.2, 0) is 11.4 Å². The molecule has 0 aliphatic carbocycles. The molecule has 1 N–H and O–H groups in total. The SMILES string of the molecule is Cc1ccc(N=C2NC(=O)/C(=C\c3cc(Br)ccc3OCc3ccccc3Cl)S2)cc1. The van der Waals surface area contributed by atoms with Gasteiger partial charge in [0.05, 0.1) is 10.6 Å². The van der Waals surface area contributed by atoms with E-state index in [-0.39, 0.29) is 5.91 Å². The molecule has 1 aliphatic rings. The number of aryl methyl sites for hydroxylation is 1. The third kappa shape index (κ3) is 5.58. The Hall–Kier alpha value is -2.54. The van der Waals surface area contributed by atoms with E-state index in [9.17, 15) is 4.79 Å². The molecule has 0 bridgehead atoms. The predicted octanol–water partition coefficient (Wildman–Crippen LogP) is 6.88. The van der Waals surface area contributed by atoms with Crippen molar-refractivity contribution < 1.29 is 9.53 Å². The molecule has 3 aromatic rings. The summed E-state index contributed by atoms with van der Waals surface area (Å²) >= 11 is 11.0. The van der Waals surface area contributed by atoms with Gasteiger partial charge in [-0.1, -0.05) is 63.4 Å². The number of halogens is 2. The fourth-order valence-corrected chi connectivity index (χ4v) is 4.29. The van der Waals surface area contributed by atoms with E-state index >= 15 is 0 Å². The smallest absolute Gasteiger partial charge is 0.264 e. The summed E-state index contributed by atoms with van der Waals surface area (Å²) in [4.78, 5) is 17.6. The number of rotatable bonds is 5. The van der Waals surface area contributed by atoms with Gasteiger partial charge in [0, 0.05) is 20.6 Å². The van der Waals surface area contributed by atoms with Crippen molar-refractivity contribution in [3.63, 3.8) is 0 Å². The molecular formula is C24H18BrClN2O2S. The van der Waals surface area contributed by atoms with E-state index in [1.54, 1.807) is 0 Å². The Morgan fingerprint density at radius 1 is 1.13 bits per heavy atom. The van der Waals surface area contributed by atoms with Gasteiger partial charge in [0.2, 0.25) is 0 Å². The van der Waals surface area contributed by atoms with Gasteiger partial charge in [-0.25, -0.2) is 4.99 Å². The molecule has 0 atom stereocenters. The van der Waals surface area contributed by atoms with Crippen LogP contribution in [0.15, 0.2) is 81.1 Å². The van der Waals surface area contributed by atoms with Gasteiger partial charge < -0.3 is 10.1 Å². The molecule has 0 unspecified atom stereocenters. The molecule has 4 rings (SSSR count). The monoisotopic (exact) mass is 512 g/mol. The first-order chi connectivity index (χ1) is 15.0. The number of ether oxygens (including phenoxy) is 1. The van der Waals surface area contributed by atoms with Gasteiger partial charge in [-0.05, 0) is 61.2 Å². The molecule has 0 aromatic heterocycles. The number of benzene rings is 3. The number of amides is 1. The molecule has 31 heavy (non-hydrogen) atoms. The summed E-state index contributed by atoms with van der Waals surface area (Å²) in [5.41, 5.74) is 3.63. The van der Waals surface area contributed by atoms with Crippen molar-refractivity contribution in [3.05, 3.63) is 97.8 Å². The maximum atomic E-state index is 12.5. The maximum absolute atomic E-state index is 12.5. The first-order valence-corrected chi connectivity index (χ1v) is 11.5. The zero-order valence-electron chi connectivity index (χ0n) is 16.6. The number of aliphatic imine (C=N–C) groups is 1. The predicted molar refractivity (Wildman–Crippen MR) is 132 cm³/mol. The summed E-state index contributed by atoms with van der Waals surface area (Å²) in [6.07, 6.45) is 1.81. The van der Waals surface area contributed by atoms with Crippen molar-refractivity contribution in [2.45, 2.75) is 13.5 Å². The minimum absolute atomic E-state index is 0.187. The second-order valence-electron chi connectivity index (χ2n) is 6.88. The van der Waals surface area contributed by atoms with Gasteiger partial charge in [0.1, 0.15) is 12.4 Å². The Morgan fingerprint density at radius 3 is 2.68 bits per heavy atom. The van der Waals surface area contributed by atoms with Gasteiger partial charge in [-0.3, -0.25) is 4.79 Å². The highest BCUT2D eigenvalue weighted by molar-refractivity contribution is 9.10. The van der Waals surface area contributed by atoms with Crippen molar-refractivity contribution in [1.82, 2.24) is 5.32 Å². The zero-order chi connectivity index (χ0) is 21.8. The Bertz CT molecular complexity index is 1190. The molecule has 7 heteroatoms. The lowest BCUT2D eigenvalue weighted by molar-refractivity contribution is -0.115. The first-order valence-electron chi connectivity index (χ1n) is 9.50. The van der Waals surface area contributed by atoms with Crippen LogP contribution in [0.2, 0.25) is 5.02 Å². The highest BCUT2D eigenvalue weighted by Crippen LogP contribution is 2.32. The fraction of sp³-hybridized carbons (Fsp3) is 0.0833. The minimum Gasteiger partial charge on any atom is -0.488 e. The van der Waals surface area contributed by atoms with Gasteiger partial charge in [-0.2, -0.15) is 0 Å². The Kier molecular flexibility index (Phi) is 6.80. The van der Waals surface area contributed by atoms with Crippen molar-refractivity contribution in [1.29, 1.82) is 0 Å². The highest BCUT2D eigenvalue weighted by Gasteiger charge is 2.24. The van der Waals surface area contributed by atoms with Crippen LogP contribution in [0.5, 0.6) is 5.75 Å². The van der Waals surface area contributed by atoms with Crippen LogP contribution in [0.4, 0.5) is 5.69 Å². The van der Waals surface area contributed by atoms with Gasteiger partial charge in [0.15, 0.2) is 5.17 Å². The van der Waals surface area contributed by atoms with Crippen LogP contribution in [-0.4, -0.2) is 11.1 Å². The van der Waals surface area contributed by atoms with Crippen LogP contribution >= 0.6 is 39.3 Å². The van der Waals surface area contributed by atoms with E-state index in [0.717, 1.165) is 26.9 Å². The average Bonchev–Trinajstić information content (AvgIpc) is 3.09. The minimum atomic E-state index is -0.187. The molecule has 0 radical (unpaired) electrons. The normalized spacial score (nSPS) is 16.0. The summed E-state index contributed by atoms with van der Waals surface area (Å²) in [5, 5.41) is 4.03. The fourth-order valence-electron chi connectivity index (χ4n) is 2.89. The van der Waals surface area contributed by atoms with Crippen LogP contribution in [0.25, 0.3) is 6.08 Å². The standard InChI is InChI=1S/C24H18BrClN2O2S/c1-15-6-9-19(10-7-15)27-24-28-23(29)22(31-24)13-17-12-18(25)8-11-21(17)30-14-16-4-2-3-5-20(16)26/h2-13H,14H2,1H3,(H,27,28,29)/b22-13+. The number of nitrogens with zero attached hydrogens (tertiary/aromatic N) is 1. The lowest BCUT2D eigenvalue weighted by Crippen LogP contribution is -2.19. The van der Waals surface area contributed by atoms with Gasteiger partial charge in [0.25, 0.3) is 5.91 Å². The molecule has 1 heterocycles. The molecule has 1 aliphatic heterocycles. The third-order valence-corrected chi connectivity index (χ3v) is 6.29. The van der Waals surface area contributed by atoms with Crippen molar-refractivity contribution in [2.24, 2.45) is 4.99 Å². The molecule has 156 valence electrons. The molecule has 1 fully saturated rings. The Morgan fingerprint density at radius 2 is 1.90 bits per heavy atom. The average molecular weight is 514 g/mol. The van der Waals surface area contributed by atoms with Crippen molar-refractivity contribution >= 4 is 62.1 Å². The summed E-state index contributed by atoms with van der Waals surface area (Å²) in [7, 11) is 0. The van der Waals surface area contributed by atoms with E-state index in [2.05, 4.69) is 26.2 Å². The zero-order valence-corrected chi connectivity index (χ0v) is 19.7. The number of amidine groups is 1. The summed E-state index contributed by atoms with van der Waals surface area (Å²) in [6.45, 7) is 2.35. The number of hydrogen-bond acceptors (Lipinski definition) is 4. The topological polar surface area (TPSA) is 50.7 Å². The largest absolute Gasteiger partial charge is 0.488 e. The van der Waals surface area contributed by atoms with E-state index < -0.39 is 0 Å². The van der Waals surface area contributed by atoms with Crippen LogP contribution in [0, 0.1) is 6.92 Å². The molecular weight excluding hydrogens is 496 g/mol. The molecule has 1 amide bonds. The number of hydrogen-bond donors (Lipinski definition) is 1. The first kappa shape index (κ1) is 21.7. The van der Waals surface area contributed by atoms with E-state index in [4.69, 9.17) is 16.3 Å². The second-order valence-corrected chi connectivity index (χ2v) is 9.23. The van der Waals surface area contributed by atoms with Crippen LogP contribution in [0.3, 0.4) is 0 Å². The molecule has 4 nitrogen and oxygen atoms in total. The second kappa shape index (κ2) is 9.73. The maximum Gasteiger partial charge on any atom is 0.264 e. The molecule has 0 spiro atoms. The lowest BCUT2D eigenvalue weighted by Gasteiger charge is -2.11. The summed E-state index contributed by atoms with van der Waals surface area (Å²) < 4.78 is 6.91. The molecule has 3 aromatic carbocycles.